The molecular weight excluding hydrogens is 428 g/mol. The van der Waals surface area contributed by atoms with Gasteiger partial charge in [0.1, 0.15) is 5.75 Å². The van der Waals surface area contributed by atoms with Crippen molar-refractivity contribution in [3.05, 3.63) is 95.8 Å². The second-order valence-electron chi connectivity index (χ2n) is 8.32. The van der Waals surface area contributed by atoms with E-state index in [1.165, 1.54) is 6.20 Å². The Morgan fingerprint density at radius 2 is 1.68 bits per heavy atom. The molecule has 1 saturated heterocycles. The molecule has 7 nitrogen and oxygen atoms in total. The first-order valence-electron chi connectivity index (χ1n) is 11.5. The molecule has 1 aliphatic heterocycles. The Labute approximate surface area is 200 Å². The normalized spacial score (nSPS) is 16.3. The number of amides is 2. The third-order valence-electron chi connectivity index (χ3n) is 6.31. The first kappa shape index (κ1) is 23.4. The van der Waals surface area contributed by atoms with Crippen molar-refractivity contribution in [1.29, 1.82) is 0 Å². The first-order chi connectivity index (χ1) is 16.6. The van der Waals surface area contributed by atoms with Gasteiger partial charge < -0.3 is 15.0 Å². The summed E-state index contributed by atoms with van der Waals surface area (Å²) in [5.74, 6) is 0.308. The van der Waals surface area contributed by atoms with Crippen molar-refractivity contribution in [3.63, 3.8) is 0 Å². The van der Waals surface area contributed by atoms with Crippen LogP contribution in [0.15, 0.2) is 79.1 Å². The molecular formula is C27H30N4O3. The maximum Gasteiger partial charge on any atom is 0.259 e. The average Bonchev–Trinajstić information content (AvgIpc) is 2.90. The highest BCUT2D eigenvalue weighted by Gasteiger charge is 2.36. The van der Waals surface area contributed by atoms with Crippen LogP contribution in [-0.2, 0) is 4.79 Å². The van der Waals surface area contributed by atoms with Gasteiger partial charge in [-0.15, -0.1) is 0 Å². The number of pyridine rings is 1. The lowest BCUT2D eigenvalue weighted by Gasteiger charge is -2.45. The molecule has 0 spiro atoms. The summed E-state index contributed by atoms with van der Waals surface area (Å²) >= 11 is 0. The van der Waals surface area contributed by atoms with E-state index in [0.29, 0.717) is 37.4 Å². The molecule has 1 aliphatic rings. The fourth-order valence-corrected chi connectivity index (χ4v) is 4.63. The van der Waals surface area contributed by atoms with Crippen LogP contribution in [0.4, 0.5) is 0 Å². The topological polar surface area (TPSA) is 74.8 Å². The minimum absolute atomic E-state index is 0.0257. The second-order valence-corrected chi connectivity index (χ2v) is 8.32. The van der Waals surface area contributed by atoms with E-state index in [2.05, 4.69) is 39.5 Å². The van der Waals surface area contributed by atoms with Crippen molar-refractivity contribution in [1.82, 2.24) is 20.1 Å². The SMILES string of the molecule is CNC(=O)CC1CN(C(=O)c2cnccc2OC)CCN1C(c1ccccc1)c1ccccc1. The van der Waals surface area contributed by atoms with Crippen LogP contribution in [0, 0.1) is 0 Å². The summed E-state index contributed by atoms with van der Waals surface area (Å²) < 4.78 is 5.38. The first-order valence-corrected chi connectivity index (χ1v) is 11.5. The zero-order chi connectivity index (χ0) is 23.9. The highest BCUT2D eigenvalue weighted by atomic mass is 16.5. The minimum atomic E-state index is -0.161. The number of rotatable bonds is 7. The Balaban J connectivity index is 1.67. The molecule has 0 bridgehead atoms. The van der Waals surface area contributed by atoms with Crippen molar-refractivity contribution < 1.29 is 14.3 Å². The lowest BCUT2D eigenvalue weighted by molar-refractivity contribution is -0.122. The Morgan fingerprint density at radius 3 is 2.26 bits per heavy atom. The maximum absolute atomic E-state index is 13.4. The second kappa shape index (κ2) is 10.9. The van der Waals surface area contributed by atoms with Crippen LogP contribution in [0.2, 0.25) is 0 Å². The van der Waals surface area contributed by atoms with Gasteiger partial charge in [-0.05, 0) is 17.2 Å². The summed E-state index contributed by atoms with van der Waals surface area (Å²) in [6.07, 6.45) is 3.44. The van der Waals surface area contributed by atoms with E-state index < -0.39 is 0 Å². The molecule has 34 heavy (non-hydrogen) atoms. The van der Waals surface area contributed by atoms with Crippen LogP contribution < -0.4 is 10.1 Å². The number of carbonyl (C=O) groups excluding carboxylic acids is 2. The fourth-order valence-electron chi connectivity index (χ4n) is 4.63. The van der Waals surface area contributed by atoms with Gasteiger partial charge in [-0.2, -0.15) is 0 Å². The summed E-state index contributed by atoms with van der Waals surface area (Å²) in [5.41, 5.74) is 2.74. The number of benzene rings is 2. The highest BCUT2D eigenvalue weighted by Crippen LogP contribution is 2.33. The van der Waals surface area contributed by atoms with E-state index in [1.807, 2.05) is 36.4 Å². The van der Waals surface area contributed by atoms with Crippen LogP contribution >= 0.6 is 0 Å². The largest absolute Gasteiger partial charge is 0.496 e. The molecule has 1 N–H and O–H groups in total. The molecule has 176 valence electrons. The maximum atomic E-state index is 13.4. The molecule has 1 unspecified atom stereocenters. The van der Waals surface area contributed by atoms with Crippen molar-refractivity contribution >= 4 is 11.8 Å². The molecule has 4 rings (SSSR count). The number of carbonyl (C=O) groups is 2. The van der Waals surface area contributed by atoms with E-state index in [1.54, 1.807) is 31.3 Å². The number of hydrogen-bond acceptors (Lipinski definition) is 5. The van der Waals surface area contributed by atoms with Gasteiger partial charge in [0.25, 0.3) is 5.91 Å². The minimum Gasteiger partial charge on any atom is -0.496 e. The van der Waals surface area contributed by atoms with Crippen molar-refractivity contribution in [2.24, 2.45) is 0 Å². The molecule has 7 heteroatoms. The summed E-state index contributed by atoms with van der Waals surface area (Å²) in [4.78, 5) is 34.1. The Morgan fingerprint density at radius 1 is 1.03 bits per heavy atom. The summed E-state index contributed by atoms with van der Waals surface area (Å²) in [6.45, 7) is 1.60. The molecule has 0 saturated carbocycles. The van der Waals surface area contributed by atoms with Gasteiger partial charge in [-0.25, -0.2) is 0 Å². The van der Waals surface area contributed by atoms with Gasteiger partial charge in [0.05, 0.1) is 18.7 Å². The third kappa shape index (κ3) is 5.10. The number of ether oxygens (including phenoxy) is 1. The molecule has 1 fully saturated rings. The van der Waals surface area contributed by atoms with Crippen LogP contribution in [0.1, 0.15) is 33.9 Å². The highest BCUT2D eigenvalue weighted by molar-refractivity contribution is 5.96. The van der Waals surface area contributed by atoms with Crippen LogP contribution in [-0.4, -0.2) is 66.4 Å². The van der Waals surface area contributed by atoms with E-state index >= 15 is 0 Å². The molecule has 0 aliphatic carbocycles. The van der Waals surface area contributed by atoms with Gasteiger partial charge in [-0.1, -0.05) is 60.7 Å². The lowest BCUT2D eigenvalue weighted by atomic mass is 9.93. The molecule has 3 aromatic rings. The zero-order valence-corrected chi connectivity index (χ0v) is 19.6. The van der Waals surface area contributed by atoms with Gasteiger partial charge in [0.2, 0.25) is 5.91 Å². The molecule has 1 atom stereocenters. The van der Waals surface area contributed by atoms with Gasteiger partial charge in [-0.3, -0.25) is 19.5 Å². The quantitative estimate of drug-likeness (QED) is 0.589. The van der Waals surface area contributed by atoms with Gasteiger partial charge in [0.15, 0.2) is 0 Å². The van der Waals surface area contributed by atoms with Gasteiger partial charge >= 0.3 is 0 Å². The number of nitrogens with zero attached hydrogens (tertiary/aromatic N) is 3. The summed E-state index contributed by atoms with van der Waals surface area (Å²) in [6, 6.07) is 22.1. The van der Waals surface area contributed by atoms with Crippen molar-refractivity contribution in [3.8, 4) is 5.75 Å². The predicted octanol–water partition coefficient (Wildman–Crippen LogP) is 3.14. The third-order valence-corrected chi connectivity index (χ3v) is 6.31. The van der Waals surface area contributed by atoms with Crippen molar-refractivity contribution in [2.45, 2.75) is 18.5 Å². The molecule has 2 heterocycles. The Hall–Kier alpha value is -3.71. The number of hydrogen-bond donors (Lipinski definition) is 1. The fraction of sp³-hybridized carbons (Fsp3) is 0.296. The van der Waals surface area contributed by atoms with E-state index in [0.717, 1.165) is 11.1 Å². The lowest BCUT2D eigenvalue weighted by Crippen LogP contribution is -2.56. The predicted molar refractivity (Wildman–Crippen MR) is 131 cm³/mol. The monoisotopic (exact) mass is 458 g/mol. The number of methoxy groups -OCH3 is 1. The van der Waals surface area contributed by atoms with Gasteiger partial charge in [0, 0.05) is 51.5 Å². The molecule has 0 radical (unpaired) electrons. The number of nitrogens with one attached hydrogen (secondary N) is 1. The van der Waals surface area contributed by atoms with E-state index in [-0.39, 0.29) is 23.9 Å². The zero-order valence-electron chi connectivity index (χ0n) is 19.6. The van der Waals surface area contributed by atoms with Crippen molar-refractivity contribution in [2.75, 3.05) is 33.8 Å². The number of piperazine rings is 1. The standard InChI is InChI=1S/C27H30N4O3/c1-28-25(32)17-22-19-30(27(33)23-18-29-14-13-24(23)34-2)15-16-31(22)26(20-9-5-3-6-10-20)21-11-7-4-8-12-21/h3-14,18,22,26H,15-17,19H2,1-2H3,(H,28,32). The van der Waals surface area contributed by atoms with E-state index in [4.69, 9.17) is 4.74 Å². The summed E-state index contributed by atoms with van der Waals surface area (Å²) in [5, 5.41) is 2.75. The van der Waals surface area contributed by atoms with Crippen LogP contribution in [0.3, 0.4) is 0 Å². The summed E-state index contributed by atoms with van der Waals surface area (Å²) in [7, 11) is 3.19. The smallest absolute Gasteiger partial charge is 0.259 e. The molecule has 2 aromatic carbocycles. The average molecular weight is 459 g/mol. The van der Waals surface area contributed by atoms with Crippen LogP contribution in [0.5, 0.6) is 5.75 Å². The Bertz CT molecular complexity index is 1070. The number of aromatic nitrogens is 1. The van der Waals surface area contributed by atoms with Crippen LogP contribution in [0.25, 0.3) is 0 Å². The Kier molecular flexibility index (Phi) is 7.54. The molecule has 2 amide bonds. The van der Waals surface area contributed by atoms with E-state index in [9.17, 15) is 9.59 Å². The molecule has 1 aromatic heterocycles.